The molecule has 3 aromatic rings. The second kappa shape index (κ2) is 5.46. The lowest BCUT2D eigenvalue weighted by Gasteiger charge is -1.94. The Morgan fingerprint density at radius 2 is 2.10 bits per heavy atom. The Hall–Kier alpha value is -3.15. The first kappa shape index (κ1) is 12.9. The third kappa shape index (κ3) is 2.74. The summed E-state index contributed by atoms with van der Waals surface area (Å²) in [7, 11) is 0. The number of carbonyl (C=O) groups excluding carboxylic acids is 1. The fourth-order valence-corrected chi connectivity index (χ4v) is 1.82. The largest absolute Gasteiger partial charge is 0.507 e. The van der Waals surface area contributed by atoms with Crippen LogP contribution in [0.15, 0.2) is 59.5 Å². The fourth-order valence-electron chi connectivity index (χ4n) is 1.82. The van der Waals surface area contributed by atoms with E-state index in [1.165, 1.54) is 12.6 Å². The van der Waals surface area contributed by atoms with E-state index in [9.17, 15) is 9.90 Å². The van der Waals surface area contributed by atoms with Crippen molar-refractivity contribution in [3.8, 4) is 11.3 Å². The average molecular weight is 281 g/mol. The van der Waals surface area contributed by atoms with E-state index in [0.29, 0.717) is 11.3 Å². The summed E-state index contributed by atoms with van der Waals surface area (Å²) in [6.45, 7) is 0. The maximum Gasteiger partial charge on any atom is 0.226 e. The molecule has 1 aromatic carbocycles. The van der Waals surface area contributed by atoms with Gasteiger partial charge in [-0.25, -0.2) is 4.98 Å². The molecule has 0 fully saturated rings. The van der Waals surface area contributed by atoms with E-state index in [4.69, 9.17) is 4.42 Å². The van der Waals surface area contributed by atoms with Crippen LogP contribution in [0, 0.1) is 0 Å². The van der Waals surface area contributed by atoms with Gasteiger partial charge in [-0.3, -0.25) is 9.89 Å². The van der Waals surface area contributed by atoms with Gasteiger partial charge in [0.25, 0.3) is 0 Å². The quantitative estimate of drug-likeness (QED) is 0.436. The molecule has 0 amide bonds. The summed E-state index contributed by atoms with van der Waals surface area (Å²) in [4.78, 5) is 15.5. The van der Waals surface area contributed by atoms with Gasteiger partial charge in [-0.2, -0.15) is 5.10 Å². The number of allylic oxidation sites excluding steroid dienone is 1. The van der Waals surface area contributed by atoms with Gasteiger partial charge >= 0.3 is 0 Å². The predicted molar refractivity (Wildman–Crippen MR) is 75.5 cm³/mol. The van der Waals surface area contributed by atoms with Crippen LogP contribution in [0.2, 0.25) is 0 Å². The number of carbonyl (C=O) groups is 1. The summed E-state index contributed by atoms with van der Waals surface area (Å²) in [6.07, 6.45) is 3.69. The number of ketones is 1. The lowest BCUT2D eigenvalue weighted by atomic mass is 10.1. The average Bonchev–Trinajstić information content (AvgIpc) is 3.20. The van der Waals surface area contributed by atoms with Crippen LogP contribution in [-0.4, -0.2) is 26.1 Å². The predicted octanol–water partition coefficient (Wildman–Crippen LogP) is 2.85. The Morgan fingerprint density at radius 1 is 1.29 bits per heavy atom. The van der Waals surface area contributed by atoms with Crippen molar-refractivity contribution in [3.05, 3.63) is 66.5 Å². The van der Waals surface area contributed by atoms with E-state index >= 15 is 0 Å². The van der Waals surface area contributed by atoms with Gasteiger partial charge in [0.05, 0.1) is 5.56 Å². The molecule has 0 saturated carbocycles. The van der Waals surface area contributed by atoms with Crippen molar-refractivity contribution in [2.45, 2.75) is 0 Å². The number of furan rings is 1. The Bertz CT molecular complexity index is 774. The van der Waals surface area contributed by atoms with E-state index in [-0.39, 0.29) is 11.6 Å². The topological polar surface area (TPSA) is 92.0 Å². The van der Waals surface area contributed by atoms with Gasteiger partial charge < -0.3 is 9.52 Å². The molecule has 0 radical (unpaired) electrons. The number of hydrogen-bond acceptors (Lipinski definition) is 5. The van der Waals surface area contributed by atoms with Crippen LogP contribution in [0.3, 0.4) is 0 Å². The normalized spacial score (nSPS) is 11.5. The highest BCUT2D eigenvalue weighted by Crippen LogP contribution is 2.24. The highest BCUT2D eigenvalue weighted by molar-refractivity contribution is 6.05. The molecule has 0 aliphatic heterocycles. The minimum absolute atomic E-state index is 0.0633. The van der Waals surface area contributed by atoms with Crippen molar-refractivity contribution in [1.82, 2.24) is 15.2 Å². The van der Waals surface area contributed by atoms with E-state index in [0.717, 1.165) is 11.6 Å². The smallest absolute Gasteiger partial charge is 0.226 e. The standard InChI is InChI=1S/C15H11N3O3/c19-12(7-13(20)15-16-9-17-18-15)11-6-14(21-8-11)10-4-2-1-3-5-10/h1-9,19H,(H,16,17,18). The highest BCUT2D eigenvalue weighted by Gasteiger charge is 2.11. The van der Waals surface area contributed by atoms with Gasteiger partial charge in [0, 0.05) is 11.6 Å². The van der Waals surface area contributed by atoms with Gasteiger partial charge in [0.2, 0.25) is 5.78 Å². The number of aliphatic hydroxyl groups excluding tert-OH is 1. The molecule has 0 aliphatic rings. The second-order valence-electron chi connectivity index (χ2n) is 4.29. The summed E-state index contributed by atoms with van der Waals surface area (Å²) in [5, 5.41) is 16.0. The number of H-pyrrole nitrogens is 1. The summed E-state index contributed by atoms with van der Waals surface area (Å²) < 4.78 is 5.40. The van der Waals surface area contributed by atoms with Crippen molar-refractivity contribution >= 4 is 11.5 Å². The molecule has 6 nitrogen and oxygen atoms in total. The first-order chi connectivity index (χ1) is 10.2. The van der Waals surface area contributed by atoms with Crippen LogP contribution >= 0.6 is 0 Å². The molecule has 2 aromatic heterocycles. The molecule has 0 spiro atoms. The van der Waals surface area contributed by atoms with Crippen LogP contribution in [0.5, 0.6) is 0 Å². The number of hydrogen-bond donors (Lipinski definition) is 2. The molecule has 0 unspecified atom stereocenters. The van der Waals surface area contributed by atoms with Crippen molar-refractivity contribution in [2.75, 3.05) is 0 Å². The number of rotatable bonds is 4. The van der Waals surface area contributed by atoms with Crippen LogP contribution in [0.4, 0.5) is 0 Å². The number of nitrogens with one attached hydrogen (secondary N) is 1. The molecule has 2 N–H and O–H groups in total. The van der Waals surface area contributed by atoms with Crippen molar-refractivity contribution in [1.29, 1.82) is 0 Å². The maximum absolute atomic E-state index is 11.8. The van der Waals surface area contributed by atoms with Crippen LogP contribution in [-0.2, 0) is 0 Å². The second-order valence-corrected chi connectivity index (χ2v) is 4.29. The summed E-state index contributed by atoms with van der Waals surface area (Å²) in [6, 6.07) is 11.1. The number of nitrogens with zero attached hydrogens (tertiary/aromatic N) is 2. The molecule has 0 bridgehead atoms. The first-order valence-electron chi connectivity index (χ1n) is 6.19. The maximum atomic E-state index is 11.8. The van der Waals surface area contributed by atoms with Crippen LogP contribution in [0.1, 0.15) is 16.2 Å². The van der Waals surface area contributed by atoms with E-state index in [1.807, 2.05) is 30.3 Å². The van der Waals surface area contributed by atoms with E-state index in [1.54, 1.807) is 6.07 Å². The van der Waals surface area contributed by atoms with Crippen molar-refractivity contribution in [2.24, 2.45) is 0 Å². The molecule has 104 valence electrons. The molecule has 2 heterocycles. The molecular formula is C15H11N3O3. The summed E-state index contributed by atoms with van der Waals surface area (Å²) in [5.74, 6) is 0.0146. The molecule has 21 heavy (non-hydrogen) atoms. The highest BCUT2D eigenvalue weighted by atomic mass is 16.3. The minimum Gasteiger partial charge on any atom is -0.507 e. The number of aliphatic hydroxyl groups is 1. The Balaban J connectivity index is 1.84. The van der Waals surface area contributed by atoms with Crippen LogP contribution < -0.4 is 0 Å². The zero-order chi connectivity index (χ0) is 14.7. The van der Waals surface area contributed by atoms with Gasteiger partial charge in [-0.1, -0.05) is 30.3 Å². The van der Waals surface area contributed by atoms with Gasteiger partial charge in [0.15, 0.2) is 5.82 Å². The summed E-state index contributed by atoms with van der Waals surface area (Å²) in [5.41, 5.74) is 1.31. The van der Waals surface area contributed by atoms with E-state index < -0.39 is 5.78 Å². The van der Waals surface area contributed by atoms with Crippen LogP contribution in [0.25, 0.3) is 17.1 Å². The van der Waals surface area contributed by atoms with Crippen molar-refractivity contribution < 1.29 is 14.3 Å². The minimum atomic E-state index is -0.465. The van der Waals surface area contributed by atoms with E-state index in [2.05, 4.69) is 15.2 Å². The van der Waals surface area contributed by atoms with Crippen molar-refractivity contribution in [3.63, 3.8) is 0 Å². The van der Waals surface area contributed by atoms with Gasteiger partial charge in [0.1, 0.15) is 24.1 Å². The third-order valence-corrected chi connectivity index (χ3v) is 2.87. The zero-order valence-electron chi connectivity index (χ0n) is 10.9. The number of aromatic nitrogens is 3. The Labute approximate surface area is 119 Å². The first-order valence-corrected chi connectivity index (χ1v) is 6.19. The van der Waals surface area contributed by atoms with Gasteiger partial charge in [-0.15, -0.1) is 0 Å². The molecule has 3 rings (SSSR count). The Morgan fingerprint density at radius 3 is 2.81 bits per heavy atom. The summed E-state index contributed by atoms with van der Waals surface area (Å²) >= 11 is 0. The monoisotopic (exact) mass is 281 g/mol. The molecular weight excluding hydrogens is 270 g/mol. The molecule has 6 heteroatoms. The lowest BCUT2D eigenvalue weighted by molar-refractivity contribution is 0.103. The molecule has 0 aliphatic carbocycles. The number of aromatic amines is 1. The SMILES string of the molecule is O=C(C=C(O)c1coc(-c2ccccc2)c1)c1ncn[nH]1. The zero-order valence-corrected chi connectivity index (χ0v) is 10.9. The Kier molecular flexibility index (Phi) is 3.34. The third-order valence-electron chi connectivity index (χ3n) is 2.87. The fraction of sp³-hybridized carbons (Fsp3) is 0. The van der Waals surface area contributed by atoms with Gasteiger partial charge in [-0.05, 0) is 6.07 Å². The number of benzene rings is 1. The lowest BCUT2D eigenvalue weighted by Crippen LogP contribution is -1.98. The molecule has 0 saturated heterocycles. The molecule has 0 atom stereocenters.